The SMILES string of the molecule is Cc1cccc2c(C(=O)O)cn(F)c12. The number of rotatable bonds is 1. The first kappa shape index (κ1) is 8.74. The van der Waals surface area contributed by atoms with Gasteiger partial charge in [0.2, 0.25) is 0 Å². The lowest BCUT2D eigenvalue weighted by Gasteiger charge is -1.96. The fourth-order valence-corrected chi connectivity index (χ4v) is 1.58. The molecule has 1 heterocycles. The Morgan fingerprint density at radius 3 is 2.86 bits per heavy atom. The smallest absolute Gasteiger partial charge is 0.337 e. The van der Waals surface area contributed by atoms with Gasteiger partial charge in [0.25, 0.3) is 0 Å². The number of carbonyl (C=O) groups is 1. The highest BCUT2D eigenvalue weighted by Crippen LogP contribution is 2.24. The molecule has 0 radical (unpaired) electrons. The van der Waals surface area contributed by atoms with Crippen molar-refractivity contribution in [3.05, 3.63) is 35.5 Å². The summed E-state index contributed by atoms with van der Waals surface area (Å²) in [4.78, 5) is 11.1. The molecule has 1 aromatic heterocycles. The van der Waals surface area contributed by atoms with E-state index in [4.69, 9.17) is 5.11 Å². The van der Waals surface area contributed by atoms with E-state index in [9.17, 15) is 9.28 Å². The third-order valence-corrected chi connectivity index (χ3v) is 2.21. The molecule has 2 rings (SSSR count). The van der Waals surface area contributed by atoms with Gasteiger partial charge in [-0.05, 0) is 12.5 Å². The summed E-state index contributed by atoms with van der Waals surface area (Å²) in [6.45, 7) is 1.74. The van der Waals surface area contributed by atoms with Crippen LogP contribution in [0.25, 0.3) is 10.9 Å². The number of aromatic nitrogens is 1. The van der Waals surface area contributed by atoms with Crippen molar-refractivity contribution in [3.8, 4) is 0 Å². The molecule has 0 saturated carbocycles. The standard InChI is InChI=1S/C10H8FNO2/c1-6-3-2-4-7-8(10(13)14)5-12(11)9(6)7/h2-5H,1H3,(H,13,14). The average Bonchev–Trinajstić information content (AvgIpc) is 2.45. The van der Waals surface area contributed by atoms with E-state index in [-0.39, 0.29) is 5.56 Å². The number of fused-ring (bicyclic) bond motifs is 1. The van der Waals surface area contributed by atoms with Gasteiger partial charge in [-0.25, -0.2) is 4.79 Å². The van der Waals surface area contributed by atoms with E-state index in [0.29, 0.717) is 15.7 Å². The summed E-state index contributed by atoms with van der Waals surface area (Å²) in [5.41, 5.74) is 1.04. The summed E-state index contributed by atoms with van der Waals surface area (Å²) in [6.07, 6.45) is 0.986. The predicted molar refractivity (Wildman–Crippen MR) is 50.1 cm³/mol. The van der Waals surface area contributed by atoms with Crippen molar-refractivity contribution in [2.75, 3.05) is 0 Å². The Hall–Kier alpha value is -1.84. The van der Waals surface area contributed by atoms with E-state index in [1.807, 2.05) is 0 Å². The molecule has 0 saturated heterocycles. The van der Waals surface area contributed by atoms with Gasteiger partial charge in [-0.1, -0.05) is 22.7 Å². The van der Waals surface area contributed by atoms with Crippen molar-refractivity contribution >= 4 is 16.9 Å². The van der Waals surface area contributed by atoms with Crippen LogP contribution in [0, 0.1) is 6.92 Å². The molecule has 14 heavy (non-hydrogen) atoms. The lowest BCUT2D eigenvalue weighted by molar-refractivity contribution is 0.0698. The van der Waals surface area contributed by atoms with Crippen LogP contribution >= 0.6 is 0 Å². The van der Waals surface area contributed by atoms with Crippen LogP contribution in [-0.2, 0) is 0 Å². The van der Waals surface area contributed by atoms with Crippen LogP contribution in [0.3, 0.4) is 0 Å². The molecule has 4 heteroatoms. The maximum Gasteiger partial charge on any atom is 0.337 e. The second-order valence-corrected chi connectivity index (χ2v) is 3.13. The summed E-state index contributed by atoms with van der Waals surface area (Å²) in [5.74, 6) is -1.11. The first-order valence-corrected chi connectivity index (χ1v) is 4.11. The number of hydrogen-bond acceptors (Lipinski definition) is 1. The Kier molecular flexibility index (Phi) is 1.77. The molecular formula is C10H8FNO2. The molecule has 0 atom stereocenters. The fraction of sp³-hybridized carbons (Fsp3) is 0.100. The Morgan fingerprint density at radius 1 is 1.50 bits per heavy atom. The minimum Gasteiger partial charge on any atom is -0.478 e. The van der Waals surface area contributed by atoms with E-state index in [1.54, 1.807) is 25.1 Å². The Morgan fingerprint density at radius 2 is 2.21 bits per heavy atom. The molecule has 2 aromatic rings. The molecule has 0 spiro atoms. The Labute approximate surface area is 79.3 Å². The second kappa shape index (κ2) is 2.83. The monoisotopic (exact) mass is 193 g/mol. The summed E-state index contributed by atoms with van der Waals surface area (Å²) in [5, 5.41) is 9.24. The fourth-order valence-electron chi connectivity index (χ4n) is 1.58. The highest BCUT2D eigenvalue weighted by atomic mass is 19.2. The van der Waals surface area contributed by atoms with Crippen molar-refractivity contribution in [1.29, 1.82) is 0 Å². The maximum atomic E-state index is 13.3. The van der Waals surface area contributed by atoms with Crippen LogP contribution in [0.1, 0.15) is 15.9 Å². The van der Waals surface area contributed by atoms with Crippen molar-refractivity contribution in [2.45, 2.75) is 6.92 Å². The van der Waals surface area contributed by atoms with Gasteiger partial charge in [0.15, 0.2) is 0 Å². The van der Waals surface area contributed by atoms with Gasteiger partial charge in [-0.15, -0.1) is 0 Å². The zero-order chi connectivity index (χ0) is 10.3. The largest absolute Gasteiger partial charge is 0.478 e. The first-order valence-electron chi connectivity index (χ1n) is 4.11. The number of aryl methyl sites for hydroxylation is 1. The Bertz CT molecular complexity index is 516. The molecule has 1 N–H and O–H groups in total. The molecule has 72 valence electrons. The van der Waals surface area contributed by atoms with E-state index < -0.39 is 5.97 Å². The summed E-state index contributed by atoms with van der Waals surface area (Å²) in [6, 6.07) is 5.05. The van der Waals surface area contributed by atoms with Crippen molar-refractivity contribution in [2.24, 2.45) is 0 Å². The number of nitrogens with zero attached hydrogens (tertiary/aromatic N) is 1. The second-order valence-electron chi connectivity index (χ2n) is 3.13. The van der Waals surface area contributed by atoms with Crippen molar-refractivity contribution in [3.63, 3.8) is 0 Å². The van der Waals surface area contributed by atoms with Crippen molar-refractivity contribution < 1.29 is 14.4 Å². The van der Waals surface area contributed by atoms with Gasteiger partial charge >= 0.3 is 5.97 Å². The number of hydrogen-bond donors (Lipinski definition) is 1. The quantitative estimate of drug-likeness (QED) is 0.755. The van der Waals surface area contributed by atoms with Crippen molar-refractivity contribution in [1.82, 2.24) is 4.79 Å². The third-order valence-electron chi connectivity index (χ3n) is 2.21. The van der Waals surface area contributed by atoms with Gasteiger partial charge in [0, 0.05) is 5.39 Å². The number of carboxylic acids is 1. The average molecular weight is 193 g/mol. The van der Waals surface area contributed by atoms with Gasteiger partial charge < -0.3 is 5.11 Å². The molecule has 0 unspecified atom stereocenters. The lowest BCUT2D eigenvalue weighted by Crippen LogP contribution is -1.93. The van der Waals surface area contributed by atoms with Crippen LogP contribution in [0.2, 0.25) is 0 Å². The van der Waals surface area contributed by atoms with Crippen LogP contribution in [0.4, 0.5) is 4.48 Å². The van der Waals surface area contributed by atoms with Crippen LogP contribution in [0.5, 0.6) is 0 Å². The normalized spacial score (nSPS) is 10.7. The van der Waals surface area contributed by atoms with Gasteiger partial charge in [0.05, 0.1) is 17.3 Å². The first-order chi connectivity index (χ1) is 6.61. The number of para-hydroxylation sites is 1. The lowest BCUT2D eigenvalue weighted by atomic mass is 10.1. The van der Waals surface area contributed by atoms with Crippen LogP contribution in [-0.4, -0.2) is 15.9 Å². The zero-order valence-electron chi connectivity index (χ0n) is 7.49. The number of benzene rings is 1. The van der Waals surface area contributed by atoms with E-state index >= 15 is 0 Å². The topological polar surface area (TPSA) is 42.2 Å². The minimum atomic E-state index is -1.11. The van der Waals surface area contributed by atoms with Gasteiger partial charge in [0.1, 0.15) is 0 Å². The number of carboxylic acid groups (broad SMARTS) is 1. The molecule has 0 aliphatic carbocycles. The molecule has 0 amide bonds. The highest BCUT2D eigenvalue weighted by Gasteiger charge is 2.14. The molecule has 0 aliphatic heterocycles. The predicted octanol–water partition coefficient (Wildman–Crippen LogP) is 2.38. The molecule has 1 aromatic carbocycles. The zero-order valence-corrected chi connectivity index (χ0v) is 7.49. The third kappa shape index (κ3) is 1.08. The van der Waals surface area contributed by atoms with Crippen LogP contribution < -0.4 is 0 Å². The number of aromatic carboxylic acids is 1. The number of halogens is 1. The summed E-state index contributed by atoms with van der Waals surface area (Å²) < 4.78 is 13.3. The molecule has 0 aliphatic rings. The van der Waals surface area contributed by atoms with Gasteiger partial charge in [-0.2, -0.15) is 4.79 Å². The van der Waals surface area contributed by atoms with Gasteiger partial charge in [-0.3, -0.25) is 0 Å². The Balaban J connectivity index is 2.91. The molecule has 0 fully saturated rings. The summed E-state index contributed by atoms with van der Waals surface area (Å²) >= 11 is 0. The molecule has 0 bridgehead atoms. The minimum absolute atomic E-state index is 0.00815. The van der Waals surface area contributed by atoms with E-state index in [1.165, 1.54) is 0 Å². The maximum absolute atomic E-state index is 13.3. The summed E-state index contributed by atoms with van der Waals surface area (Å²) in [7, 11) is 0. The highest BCUT2D eigenvalue weighted by molar-refractivity contribution is 6.04. The molecule has 3 nitrogen and oxygen atoms in total. The van der Waals surface area contributed by atoms with E-state index in [2.05, 4.69) is 0 Å². The van der Waals surface area contributed by atoms with E-state index in [0.717, 1.165) is 11.8 Å². The molecular weight excluding hydrogens is 185 g/mol. The van der Waals surface area contributed by atoms with Crippen LogP contribution in [0.15, 0.2) is 24.4 Å².